The van der Waals surface area contributed by atoms with Gasteiger partial charge < -0.3 is 5.73 Å². The highest BCUT2D eigenvalue weighted by molar-refractivity contribution is 9.10. The highest BCUT2D eigenvalue weighted by Crippen LogP contribution is 2.25. The van der Waals surface area contributed by atoms with Crippen molar-refractivity contribution in [2.45, 2.75) is 10.6 Å². The van der Waals surface area contributed by atoms with Crippen LogP contribution in [0.2, 0.25) is 5.02 Å². The maximum Gasteiger partial charge on any atom is 0.0620 e. The minimum absolute atomic E-state index is 0.361. The molecule has 18 heavy (non-hydrogen) atoms. The second kappa shape index (κ2) is 5.87. The molecule has 2 aromatic carbocycles. The Balaban J connectivity index is 2.24. The van der Waals surface area contributed by atoms with Crippen LogP contribution in [-0.4, -0.2) is 4.21 Å². The molecule has 2 N–H and O–H groups in total. The van der Waals surface area contributed by atoms with Crippen molar-refractivity contribution in [3.63, 3.8) is 0 Å². The molecule has 0 bridgehead atoms. The Morgan fingerprint density at radius 1 is 1.22 bits per heavy atom. The first-order valence-electron chi connectivity index (χ1n) is 5.25. The van der Waals surface area contributed by atoms with E-state index in [1.54, 1.807) is 18.2 Å². The number of nitrogens with two attached hydrogens (primary N) is 1. The molecule has 0 aliphatic carbocycles. The summed E-state index contributed by atoms with van der Waals surface area (Å²) in [6.07, 6.45) is 0. The van der Waals surface area contributed by atoms with Crippen LogP contribution in [0.3, 0.4) is 0 Å². The molecule has 0 aromatic heterocycles. The summed E-state index contributed by atoms with van der Waals surface area (Å²) in [5, 5.41) is 0.604. The molecule has 1 unspecified atom stereocenters. The Morgan fingerprint density at radius 2 is 1.94 bits per heavy atom. The van der Waals surface area contributed by atoms with Gasteiger partial charge in [0.2, 0.25) is 0 Å². The monoisotopic (exact) mass is 343 g/mol. The summed E-state index contributed by atoms with van der Waals surface area (Å²) in [6, 6.07) is 12.7. The molecule has 0 radical (unpaired) electrons. The summed E-state index contributed by atoms with van der Waals surface area (Å²) in [4.78, 5) is 0.650. The summed E-state index contributed by atoms with van der Waals surface area (Å²) >= 11 is 9.44. The van der Waals surface area contributed by atoms with E-state index in [1.165, 1.54) is 0 Å². The van der Waals surface area contributed by atoms with Crippen LogP contribution in [0.4, 0.5) is 5.69 Å². The number of rotatable bonds is 3. The van der Waals surface area contributed by atoms with E-state index in [4.69, 9.17) is 17.3 Å². The smallest absolute Gasteiger partial charge is 0.0620 e. The average molecular weight is 345 g/mol. The van der Waals surface area contributed by atoms with Gasteiger partial charge in [0.1, 0.15) is 0 Å². The van der Waals surface area contributed by atoms with E-state index in [0.29, 0.717) is 21.4 Å². The fourth-order valence-electron chi connectivity index (χ4n) is 1.55. The summed E-state index contributed by atoms with van der Waals surface area (Å²) in [7, 11) is -1.19. The van der Waals surface area contributed by atoms with E-state index in [9.17, 15) is 4.21 Å². The lowest BCUT2D eigenvalue weighted by Gasteiger charge is -2.07. The van der Waals surface area contributed by atoms with Gasteiger partial charge in [-0.05, 0) is 29.8 Å². The highest BCUT2D eigenvalue weighted by Gasteiger charge is 2.10. The van der Waals surface area contributed by atoms with Gasteiger partial charge >= 0.3 is 0 Å². The van der Waals surface area contributed by atoms with Gasteiger partial charge in [-0.15, -0.1) is 0 Å². The molecular formula is C13H11BrClNOS. The third-order valence-electron chi connectivity index (χ3n) is 2.47. The third kappa shape index (κ3) is 3.13. The van der Waals surface area contributed by atoms with E-state index in [0.717, 1.165) is 10.0 Å². The van der Waals surface area contributed by atoms with Crippen LogP contribution >= 0.6 is 27.5 Å². The summed E-state index contributed by atoms with van der Waals surface area (Å²) < 4.78 is 13.1. The third-order valence-corrected chi connectivity index (χ3v) is 4.75. The molecular weight excluding hydrogens is 334 g/mol. The molecule has 94 valence electrons. The predicted molar refractivity (Wildman–Crippen MR) is 80.1 cm³/mol. The first kappa shape index (κ1) is 13.6. The number of hydrogen-bond donors (Lipinski definition) is 1. The van der Waals surface area contributed by atoms with Gasteiger partial charge in [0.25, 0.3) is 0 Å². The Bertz CT molecular complexity index is 603. The van der Waals surface area contributed by atoms with Crippen molar-refractivity contribution >= 4 is 44.0 Å². The molecule has 0 aliphatic rings. The quantitative estimate of drug-likeness (QED) is 0.855. The first-order valence-corrected chi connectivity index (χ1v) is 7.73. The molecule has 0 spiro atoms. The summed E-state index contributed by atoms with van der Waals surface area (Å²) in [6.45, 7) is 0. The van der Waals surface area contributed by atoms with Crippen LogP contribution in [-0.2, 0) is 16.6 Å². The Morgan fingerprint density at radius 3 is 2.61 bits per heavy atom. The number of nitrogen functional groups attached to an aromatic ring is 1. The van der Waals surface area contributed by atoms with Crippen molar-refractivity contribution < 1.29 is 4.21 Å². The van der Waals surface area contributed by atoms with E-state index in [-0.39, 0.29) is 0 Å². The first-order chi connectivity index (χ1) is 8.58. The minimum atomic E-state index is -1.19. The maximum absolute atomic E-state index is 12.2. The molecule has 0 fully saturated rings. The second-order valence-corrected chi connectivity index (χ2v) is 6.51. The Kier molecular flexibility index (Phi) is 4.43. The van der Waals surface area contributed by atoms with Crippen LogP contribution < -0.4 is 5.73 Å². The number of para-hydroxylation sites is 1. The number of hydrogen-bond acceptors (Lipinski definition) is 2. The largest absolute Gasteiger partial charge is 0.398 e. The van der Waals surface area contributed by atoms with Crippen molar-refractivity contribution in [3.05, 3.63) is 57.5 Å². The Hall–Kier alpha value is -0.840. The molecule has 5 heteroatoms. The average Bonchev–Trinajstić information content (AvgIpc) is 2.33. The normalized spacial score (nSPS) is 12.3. The lowest BCUT2D eigenvalue weighted by atomic mass is 10.2. The zero-order valence-electron chi connectivity index (χ0n) is 9.40. The zero-order chi connectivity index (χ0) is 13.1. The van der Waals surface area contributed by atoms with Crippen molar-refractivity contribution in [1.29, 1.82) is 0 Å². The van der Waals surface area contributed by atoms with Crippen LogP contribution in [0.15, 0.2) is 51.8 Å². The van der Waals surface area contributed by atoms with Crippen molar-refractivity contribution in [1.82, 2.24) is 0 Å². The van der Waals surface area contributed by atoms with Gasteiger partial charge in [0.05, 0.1) is 21.4 Å². The van der Waals surface area contributed by atoms with Gasteiger partial charge in [0, 0.05) is 15.2 Å². The topological polar surface area (TPSA) is 43.1 Å². The van der Waals surface area contributed by atoms with Crippen molar-refractivity contribution in [2.24, 2.45) is 0 Å². The molecule has 0 amide bonds. The molecule has 0 aliphatic heterocycles. The van der Waals surface area contributed by atoms with E-state index < -0.39 is 10.8 Å². The SMILES string of the molecule is Nc1ccccc1S(=O)Cc1ccc(Br)cc1Cl. The fraction of sp³-hybridized carbons (Fsp3) is 0.0769. The molecule has 1 atom stereocenters. The maximum atomic E-state index is 12.2. The molecule has 2 aromatic rings. The summed E-state index contributed by atoms with van der Waals surface area (Å²) in [5.41, 5.74) is 7.20. The minimum Gasteiger partial charge on any atom is -0.398 e. The standard InChI is InChI=1S/C13H11BrClNOS/c14-10-6-5-9(11(15)7-10)8-18(17)13-4-2-1-3-12(13)16/h1-7H,8,16H2. The molecule has 2 nitrogen and oxygen atoms in total. The molecule has 0 saturated heterocycles. The fourth-order valence-corrected chi connectivity index (χ4v) is 3.62. The molecule has 2 rings (SSSR count). The molecule has 0 heterocycles. The van der Waals surface area contributed by atoms with Gasteiger partial charge in [-0.25, -0.2) is 0 Å². The number of halogens is 2. The predicted octanol–water partition coefficient (Wildman–Crippen LogP) is 3.99. The zero-order valence-corrected chi connectivity index (χ0v) is 12.6. The van der Waals surface area contributed by atoms with Crippen LogP contribution in [0.25, 0.3) is 0 Å². The van der Waals surface area contributed by atoms with Crippen molar-refractivity contribution in [3.8, 4) is 0 Å². The van der Waals surface area contributed by atoms with Crippen LogP contribution in [0.1, 0.15) is 5.56 Å². The van der Waals surface area contributed by atoms with Crippen LogP contribution in [0, 0.1) is 0 Å². The Labute approximate surface area is 122 Å². The molecule has 0 saturated carbocycles. The van der Waals surface area contributed by atoms with Crippen molar-refractivity contribution in [2.75, 3.05) is 5.73 Å². The second-order valence-electron chi connectivity index (χ2n) is 3.76. The lowest BCUT2D eigenvalue weighted by Crippen LogP contribution is -2.01. The lowest BCUT2D eigenvalue weighted by molar-refractivity contribution is 0.683. The van der Waals surface area contributed by atoms with E-state index in [2.05, 4.69) is 15.9 Å². The van der Waals surface area contributed by atoms with Gasteiger partial charge in [-0.2, -0.15) is 0 Å². The number of anilines is 1. The van der Waals surface area contributed by atoms with Crippen LogP contribution in [0.5, 0.6) is 0 Å². The summed E-state index contributed by atoms with van der Waals surface area (Å²) in [5.74, 6) is 0.361. The van der Waals surface area contributed by atoms with Gasteiger partial charge in [-0.1, -0.05) is 45.7 Å². The van der Waals surface area contributed by atoms with E-state index in [1.807, 2.05) is 24.3 Å². The number of benzene rings is 2. The van der Waals surface area contributed by atoms with E-state index >= 15 is 0 Å². The van der Waals surface area contributed by atoms with Gasteiger partial charge in [-0.3, -0.25) is 4.21 Å². The van der Waals surface area contributed by atoms with Gasteiger partial charge in [0.15, 0.2) is 0 Å². The highest BCUT2D eigenvalue weighted by atomic mass is 79.9.